The number of nitrogens with zero attached hydrogens (tertiary/aromatic N) is 2. The number of rotatable bonds is 6. The van der Waals surface area contributed by atoms with Crippen LogP contribution in [0.4, 0.5) is 0 Å². The molecule has 2 saturated heterocycles. The summed E-state index contributed by atoms with van der Waals surface area (Å²) < 4.78 is 10.6. The summed E-state index contributed by atoms with van der Waals surface area (Å²) in [5.41, 5.74) is 1.25. The summed E-state index contributed by atoms with van der Waals surface area (Å²) in [6.07, 6.45) is 4.61. The number of ether oxygens (including phenoxy) is 2. The number of aromatic nitrogens is 1. The topological polar surface area (TPSA) is 41.2 Å². The van der Waals surface area contributed by atoms with Crippen LogP contribution in [-0.4, -0.2) is 48.4 Å². The van der Waals surface area contributed by atoms with Crippen LogP contribution in [0.3, 0.4) is 0 Å². The van der Waals surface area contributed by atoms with Gasteiger partial charge < -0.3 is 9.47 Å². The minimum absolute atomic E-state index is 0.440. The number of pyridine rings is 1. The molecular formula is C12H16N2O2. The lowest BCUT2D eigenvalue weighted by Gasteiger charge is -2.20. The van der Waals surface area contributed by atoms with Crippen molar-refractivity contribution in [3.8, 4) is 0 Å². The fourth-order valence-electron chi connectivity index (χ4n) is 1.88. The van der Waals surface area contributed by atoms with Crippen LogP contribution in [0.25, 0.3) is 0 Å². The average molecular weight is 220 g/mol. The van der Waals surface area contributed by atoms with Gasteiger partial charge in [-0.25, -0.2) is 0 Å². The lowest BCUT2D eigenvalue weighted by molar-refractivity contribution is 0.212. The van der Waals surface area contributed by atoms with Crippen molar-refractivity contribution in [3.05, 3.63) is 30.1 Å². The molecule has 0 amide bonds. The van der Waals surface area contributed by atoms with Gasteiger partial charge in [-0.3, -0.25) is 9.88 Å². The largest absolute Gasteiger partial charge is 0.372 e. The van der Waals surface area contributed by atoms with Gasteiger partial charge in [-0.1, -0.05) is 6.07 Å². The van der Waals surface area contributed by atoms with Gasteiger partial charge >= 0.3 is 0 Å². The number of hydrogen-bond acceptors (Lipinski definition) is 4. The van der Waals surface area contributed by atoms with Gasteiger partial charge in [0.1, 0.15) is 0 Å². The Kier molecular flexibility index (Phi) is 2.86. The molecule has 1 aromatic rings. The first-order valence-corrected chi connectivity index (χ1v) is 5.74. The molecule has 3 heterocycles. The van der Waals surface area contributed by atoms with E-state index in [4.69, 9.17) is 9.47 Å². The van der Waals surface area contributed by atoms with Crippen LogP contribution in [-0.2, 0) is 16.0 Å². The van der Waals surface area contributed by atoms with Crippen LogP contribution in [0.15, 0.2) is 24.5 Å². The van der Waals surface area contributed by atoms with Gasteiger partial charge in [-0.05, 0) is 11.6 Å². The van der Waals surface area contributed by atoms with E-state index in [0.717, 1.165) is 32.8 Å². The maximum absolute atomic E-state index is 5.28. The lowest BCUT2D eigenvalue weighted by Crippen LogP contribution is -2.31. The third-order valence-corrected chi connectivity index (χ3v) is 2.86. The monoisotopic (exact) mass is 220 g/mol. The molecule has 0 N–H and O–H groups in total. The predicted octanol–water partition coefficient (Wildman–Crippen LogP) is 0.681. The summed E-state index contributed by atoms with van der Waals surface area (Å²) in [4.78, 5) is 6.53. The van der Waals surface area contributed by atoms with Crippen molar-refractivity contribution >= 4 is 0 Å². The summed E-state index contributed by atoms with van der Waals surface area (Å²) in [6, 6.07) is 4.09. The van der Waals surface area contributed by atoms with Gasteiger partial charge in [0.15, 0.2) is 0 Å². The van der Waals surface area contributed by atoms with E-state index in [1.807, 2.05) is 18.5 Å². The van der Waals surface area contributed by atoms with E-state index in [1.165, 1.54) is 5.56 Å². The lowest BCUT2D eigenvalue weighted by atomic mass is 10.2. The smallest absolute Gasteiger partial charge is 0.0936 e. The van der Waals surface area contributed by atoms with Crippen LogP contribution in [0, 0.1) is 0 Å². The molecule has 2 aliphatic heterocycles. The van der Waals surface area contributed by atoms with Crippen LogP contribution >= 0.6 is 0 Å². The van der Waals surface area contributed by atoms with Gasteiger partial charge in [-0.2, -0.15) is 0 Å². The van der Waals surface area contributed by atoms with Crippen molar-refractivity contribution in [1.29, 1.82) is 0 Å². The van der Waals surface area contributed by atoms with E-state index in [1.54, 1.807) is 0 Å². The Hall–Kier alpha value is -0.970. The molecule has 0 spiro atoms. The molecule has 0 radical (unpaired) electrons. The molecule has 0 aromatic carbocycles. The highest BCUT2D eigenvalue weighted by Gasteiger charge is 2.30. The first kappa shape index (κ1) is 10.2. The van der Waals surface area contributed by atoms with Crippen molar-refractivity contribution < 1.29 is 9.47 Å². The van der Waals surface area contributed by atoms with Gasteiger partial charge in [0.05, 0.1) is 25.4 Å². The van der Waals surface area contributed by atoms with Crippen LogP contribution in [0.1, 0.15) is 5.56 Å². The molecule has 3 rings (SSSR count). The zero-order valence-corrected chi connectivity index (χ0v) is 9.21. The quantitative estimate of drug-likeness (QED) is 0.661. The summed E-state index contributed by atoms with van der Waals surface area (Å²) in [5, 5.41) is 0. The normalized spacial score (nSPS) is 27.1. The summed E-state index contributed by atoms with van der Waals surface area (Å²) in [7, 11) is 0. The highest BCUT2D eigenvalue weighted by molar-refractivity contribution is 5.08. The van der Waals surface area contributed by atoms with Gasteiger partial charge in [0, 0.05) is 32.0 Å². The molecule has 1 aromatic heterocycles. The standard InChI is InChI=1S/C12H16N2O2/c1-2-10(4-13-3-1)5-14(6-11-8-15-11)7-12-9-16-12/h1-4,11-12H,5-9H2. The molecule has 4 nitrogen and oxygen atoms in total. The van der Waals surface area contributed by atoms with Gasteiger partial charge in [-0.15, -0.1) is 0 Å². The minimum atomic E-state index is 0.440. The second-order valence-electron chi connectivity index (χ2n) is 4.47. The molecule has 0 aliphatic carbocycles. The Morgan fingerprint density at radius 2 is 1.94 bits per heavy atom. The second kappa shape index (κ2) is 4.49. The van der Waals surface area contributed by atoms with E-state index in [-0.39, 0.29) is 0 Å². The Labute approximate surface area is 95.2 Å². The molecule has 16 heavy (non-hydrogen) atoms. The van der Waals surface area contributed by atoms with Crippen molar-refractivity contribution in [2.24, 2.45) is 0 Å². The SMILES string of the molecule is c1cncc(CN(CC2CO2)CC2CO2)c1. The van der Waals surface area contributed by atoms with Crippen molar-refractivity contribution in [2.45, 2.75) is 18.8 Å². The fraction of sp³-hybridized carbons (Fsp3) is 0.583. The van der Waals surface area contributed by atoms with E-state index in [2.05, 4.69) is 16.0 Å². The predicted molar refractivity (Wildman–Crippen MR) is 59.0 cm³/mol. The molecule has 2 aliphatic rings. The molecule has 2 fully saturated rings. The number of epoxide rings is 2. The highest BCUT2D eigenvalue weighted by atomic mass is 16.6. The van der Waals surface area contributed by atoms with Gasteiger partial charge in [0.2, 0.25) is 0 Å². The van der Waals surface area contributed by atoms with Crippen molar-refractivity contribution in [1.82, 2.24) is 9.88 Å². The first-order chi connectivity index (χ1) is 7.90. The molecule has 0 saturated carbocycles. The Balaban J connectivity index is 1.57. The summed E-state index contributed by atoms with van der Waals surface area (Å²) in [6.45, 7) is 4.78. The van der Waals surface area contributed by atoms with Crippen LogP contribution in [0.5, 0.6) is 0 Å². The number of hydrogen-bond donors (Lipinski definition) is 0. The third-order valence-electron chi connectivity index (χ3n) is 2.86. The maximum Gasteiger partial charge on any atom is 0.0936 e. The summed E-state index contributed by atoms with van der Waals surface area (Å²) in [5.74, 6) is 0. The first-order valence-electron chi connectivity index (χ1n) is 5.74. The van der Waals surface area contributed by atoms with E-state index in [0.29, 0.717) is 12.2 Å². The molecule has 86 valence electrons. The molecule has 2 unspecified atom stereocenters. The Bertz CT molecular complexity index is 322. The van der Waals surface area contributed by atoms with E-state index >= 15 is 0 Å². The molecular weight excluding hydrogens is 204 g/mol. The molecule has 0 bridgehead atoms. The second-order valence-corrected chi connectivity index (χ2v) is 4.47. The minimum Gasteiger partial charge on any atom is -0.372 e. The molecule has 4 heteroatoms. The fourth-order valence-corrected chi connectivity index (χ4v) is 1.88. The third kappa shape index (κ3) is 3.01. The average Bonchev–Trinajstić information content (AvgIpc) is 3.15. The zero-order valence-electron chi connectivity index (χ0n) is 9.21. The van der Waals surface area contributed by atoms with Crippen LogP contribution in [0.2, 0.25) is 0 Å². The van der Waals surface area contributed by atoms with Gasteiger partial charge in [0.25, 0.3) is 0 Å². The summed E-state index contributed by atoms with van der Waals surface area (Å²) >= 11 is 0. The zero-order chi connectivity index (χ0) is 10.8. The van der Waals surface area contributed by atoms with Crippen LogP contribution < -0.4 is 0 Å². The molecule has 2 atom stereocenters. The van der Waals surface area contributed by atoms with E-state index < -0.39 is 0 Å². The highest BCUT2D eigenvalue weighted by Crippen LogP contribution is 2.17. The Morgan fingerprint density at radius 1 is 1.25 bits per heavy atom. The maximum atomic E-state index is 5.28. The van der Waals surface area contributed by atoms with Crippen molar-refractivity contribution in [2.75, 3.05) is 26.3 Å². The van der Waals surface area contributed by atoms with Crippen molar-refractivity contribution in [3.63, 3.8) is 0 Å². The van der Waals surface area contributed by atoms with E-state index in [9.17, 15) is 0 Å². The Morgan fingerprint density at radius 3 is 2.44 bits per heavy atom.